The fourth-order valence-corrected chi connectivity index (χ4v) is 6.27. The van der Waals surface area contributed by atoms with Crippen molar-refractivity contribution in [2.45, 2.75) is 18.7 Å². The van der Waals surface area contributed by atoms with Crippen LogP contribution in [0, 0.1) is 30.2 Å². The summed E-state index contributed by atoms with van der Waals surface area (Å²) >= 11 is 1.17. The second-order valence-corrected chi connectivity index (χ2v) is 11.7. The molecule has 0 aliphatic rings. The van der Waals surface area contributed by atoms with Crippen molar-refractivity contribution in [2.75, 3.05) is 5.75 Å². The van der Waals surface area contributed by atoms with Gasteiger partial charge in [-0.25, -0.2) is 22.4 Å². The summed E-state index contributed by atoms with van der Waals surface area (Å²) in [6.07, 6.45) is 0. The molecular weight excluding hydrogens is 618 g/mol. The molecule has 0 aliphatic carbocycles. The number of hydrogen-bond acceptors (Lipinski definition) is 4. The van der Waals surface area contributed by atoms with Gasteiger partial charge in [0.05, 0.1) is 0 Å². The van der Waals surface area contributed by atoms with E-state index in [-0.39, 0.29) is 5.75 Å². The summed E-state index contributed by atoms with van der Waals surface area (Å²) in [4.78, 5) is 24.2. The molecule has 0 unspecified atom stereocenters. The Morgan fingerprint density at radius 3 is 2.09 bits per heavy atom. The third-order valence-electron chi connectivity index (χ3n) is 7.75. The van der Waals surface area contributed by atoms with Gasteiger partial charge in [0.1, 0.15) is 28.6 Å². The number of carbonyl (C=O) groups excluding carboxylic acids is 1. The number of benzene rings is 5. The van der Waals surface area contributed by atoms with Gasteiger partial charge in [0.15, 0.2) is 17.5 Å². The zero-order valence-electron chi connectivity index (χ0n) is 24.2. The van der Waals surface area contributed by atoms with Crippen LogP contribution in [0.4, 0.5) is 17.6 Å². The molecule has 6 rings (SSSR count). The van der Waals surface area contributed by atoms with Crippen LogP contribution in [0.2, 0.25) is 0 Å². The lowest BCUT2D eigenvalue weighted by Crippen LogP contribution is -2.43. The van der Waals surface area contributed by atoms with E-state index < -0.39 is 52.3 Å². The third-order valence-corrected chi connectivity index (χ3v) is 8.86. The average molecular weight is 644 g/mol. The minimum absolute atomic E-state index is 0.145. The minimum atomic E-state index is -2.02. The summed E-state index contributed by atoms with van der Waals surface area (Å²) < 4.78 is 62.1. The van der Waals surface area contributed by atoms with Gasteiger partial charge in [0.25, 0.3) is 5.91 Å². The van der Waals surface area contributed by atoms with Crippen molar-refractivity contribution in [3.05, 3.63) is 131 Å². The first-order chi connectivity index (χ1) is 22.1. The van der Waals surface area contributed by atoms with Crippen LogP contribution in [-0.2, 0) is 10.5 Å². The summed E-state index contributed by atoms with van der Waals surface area (Å²) in [5.74, 6) is -10.1. The molecule has 46 heavy (non-hydrogen) atoms. The minimum Gasteiger partial charge on any atom is -0.480 e. The standard InChI is InChI=1S/C36H25F4NO4S/c1-19-30(37)29(32(39)33(40)31(19)38)35(42)41-27(36(43)44)18-46-17-20-9-11-21(12-10-20)22-13-15-23(16-14-22)24-6-4-7-26-25-5-2-3-8-28(25)45-34(24)26/h2-16,27H,17-18H2,1H3,(H,41,42)(H,43,44)/t27-/m0/s1. The quantitative estimate of drug-likeness (QED) is 0.0935. The number of aliphatic carboxylic acids is 1. The number of carboxylic acid groups (broad SMARTS) is 1. The molecule has 1 amide bonds. The van der Waals surface area contributed by atoms with Crippen LogP contribution in [-0.4, -0.2) is 28.8 Å². The molecule has 5 nitrogen and oxygen atoms in total. The first kappa shape index (κ1) is 30.9. The predicted octanol–water partition coefficient (Wildman–Crippen LogP) is 8.90. The van der Waals surface area contributed by atoms with Crippen molar-refractivity contribution in [3.8, 4) is 22.3 Å². The molecule has 232 valence electrons. The van der Waals surface area contributed by atoms with E-state index in [0.29, 0.717) is 5.75 Å². The number of carbonyl (C=O) groups is 2. The molecular formula is C36H25F4NO4S. The van der Waals surface area contributed by atoms with Crippen molar-refractivity contribution in [1.29, 1.82) is 0 Å². The van der Waals surface area contributed by atoms with Gasteiger partial charge in [0, 0.05) is 33.4 Å². The number of rotatable bonds is 9. The van der Waals surface area contributed by atoms with E-state index >= 15 is 0 Å². The Labute approximate surface area is 264 Å². The van der Waals surface area contributed by atoms with Gasteiger partial charge in [-0.1, -0.05) is 84.9 Å². The van der Waals surface area contributed by atoms with Crippen LogP contribution < -0.4 is 5.32 Å². The van der Waals surface area contributed by atoms with Crippen molar-refractivity contribution in [1.82, 2.24) is 5.32 Å². The highest BCUT2D eigenvalue weighted by Gasteiger charge is 2.30. The molecule has 0 radical (unpaired) electrons. The van der Waals surface area contributed by atoms with E-state index in [4.69, 9.17) is 4.42 Å². The topological polar surface area (TPSA) is 79.5 Å². The highest BCUT2D eigenvalue weighted by molar-refractivity contribution is 7.98. The van der Waals surface area contributed by atoms with E-state index in [1.54, 1.807) is 0 Å². The Morgan fingerprint density at radius 2 is 1.39 bits per heavy atom. The number of furan rings is 1. The van der Waals surface area contributed by atoms with Gasteiger partial charge in [-0.3, -0.25) is 4.79 Å². The molecule has 1 heterocycles. The van der Waals surface area contributed by atoms with Gasteiger partial charge in [-0.05, 0) is 35.2 Å². The van der Waals surface area contributed by atoms with Crippen molar-refractivity contribution in [2.24, 2.45) is 0 Å². The fourth-order valence-electron chi connectivity index (χ4n) is 5.26. The molecule has 0 aliphatic heterocycles. The number of nitrogens with one attached hydrogen (secondary N) is 1. The van der Waals surface area contributed by atoms with Gasteiger partial charge < -0.3 is 14.8 Å². The van der Waals surface area contributed by atoms with E-state index in [0.717, 1.165) is 56.7 Å². The van der Waals surface area contributed by atoms with Crippen LogP contribution in [0.5, 0.6) is 0 Å². The van der Waals surface area contributed by atoms with Crippen LogP contribution in [0.15, 0.2) is 95.4 Å². The highest BCUT2D eigenvalue weighted by atomic mass is 32.2. The number of thioether (sulfide) groups is 1. The summed E-state index contributed by atoms with van der Waals surface area (Å²) in [7, 11) is 0. The number of para-hydroxylation sites is 2. The molecule has 0 bridgehead atoms. The number of hydrogen-bond donors (Lipinski definition) is 2. The van der Waals surface area contributed by atoms with Crippen molar-refractivity contribution >= 4 is 45.6 Å². The summed E-state index contributed by atoms with van der Waals surface area (Å²) in [6.45, 7) is 0.846. The molecule has 0 fully saturated rings. The molecule has 6 aromatic rings. The zero-order valence-corrected chi connectivity index (χ0v) is 25.1. The lowest BCUT2D eigenvalue weighted by Gasteiger charge is -2.16. The van der Waals surface area contributed by atoms with E-state index in [1.807, 2.05) is 90.2 Å². The summed E-state index contributed by atoms with van der Waals surface area (Å²) in [6, 6.07) is 28.3. The maximum Gasteiger partial charge on any atom is 0.327 e. The maximum atomic E-state index is 14.4. The van der Waals surface area contributed by atoms with Gasteiger partial charge in [0.2, 0.25) is 0 Å². The third kappa shape index (κ3) is 5.83. The predicted molar refractivity (Wildman–Crippen MR) is 171 cm³/mol. The van der Waals surface area contributed by atoms with Crippen LogP contribution in [0.3, 0.4) is 0 Å². The summed E-state index contributed by atoms with van der Waals surface area (Å²) in [5.41, 5.74) is 4.29. The fraction of sp³-hybridized carbons (Fsp3) is 0.111. The van der Waals surface area contributed by atoms with Gasteiger partial charge in [-0.2, -0.15) is 11.8 Å². The molecule has 5 aromatic carbocycles. The summed E-state index contributed by atoms with van der Waals surface area (Å²) in [5, 5.41) is 13.7. The number of fused-ring (bicyclic) bond motifs is 3. The number of halogens is 4. The first-order valence-electron chi connectivity index (χ1n) is 14.2. The molecule has 0 saturated carbocycles. The SMILES string of the molecule is Cc1c(F)c(F)c(F)c(C(=O)N[C@@H](CSCc2ccc(-c3ccc(-c4cccc5c4oc4ccccc45)cc3)cc2)C(=O)O)c1F. The van der Waals surface area contributed by atoms with Crippen molar-refractivity contribution in [3.63, 3.8) is 0 Å². The second kappa shape index (κ2) is 12.7. The Balaban J connectivity index is 1.10. The molecule has 1 aromatic heterocycles. The highest BCUT2D eigenvalue weighted by Crippen LogP contribution is 2.36. The van der Waals surface area contributed by atoms with E-state index in [1.165, 1.54) is 11.8 Å². The largest absolute Gasteiger partial charge is 0.480 e. The lowest BCUT2D eigenvalue weighted by atomic mass is 9.98. The van der Waals surface area contributed by atoms with Crippen LogP contribution in [0.25, 0.3) is 44.2 Å². The first-order valence-corrected chi connectivity index (χ1v) is 15.3. The zero-order chi connectivity index (χ0) is 32.5. The smallest absolute Gasteiger partial charge is 0.327 e. The van der Waals surface area contributed by atoms with E-state index in [9.17, 15) is 32.3 Å². The lowest BCUT2D eigenvalue weighted by molar-refractivity contribution is -0.138. The Bertz CT molecular complexity index is 2080. The molecule has 0 saturated heterocycles. The number of carboxylic acids is 1. The average Bonchev–Trinajstić information content (AvgIpc) is 3.45. The Hall–Kier alpha value is -5.09. The normalized spacial score (nSPS) is 12.0. The van der Waals surface area contributed by atoms with E-state index in [2.05, 4.69) is 6.07 Å². The second-order valence-electron chi connectivity index (χ2n) is 10.7. The molecule has 1 atom stereocenters. The number of amides is 1. The molecule has 2 N–H and O–H groups in total. The van der Waals surface area contributed by atoms with Gasteiger partial charge in [-0.15, -0.1) is 0 Å². The maximum absolute atomic E-state index is 14.4. The monoisotopic (exact) mass is 643 g/mol. The van der Waals surface area contributed by atoms with Gasteiger partial charge >= 0.3 is 5.97 Å². The Kier molecular flexibility index (Phi) is 8.55. The van der Waals surface area contributed by atoms with Crippen molar-refractivity contribution < 1.29 is 36.7 Å². The van der Waals surface area contributed by atoms with Crippen LogP contribution >= 0.6 is 11.8 Å². The molecule has 10 heteroatoms. The molecule has 0 spiro atoms. The Morgan fingerprint density at radius 1 is 0.761 bits per heavy atom. The van der Waals surface area contributed by atoms with Crippen LogP contribution in [0.1, 0.15) is 21.5 Å².